The molecule has 172 valence electrons. The number of nitrogens with one attached hydrogen (secondary N) is 2. The lowest BCUT2D eigenvalue weighted by Crippen LogP contribution is -2.11. The molecule has 0 radical (unpaired) electrons. The van der Waals surface area contributed by atoms with Crippen LogP contribution in [0.2, 0.25) is 0 Å². The second-order valence-corrected chi connectivity index (χ2v) is 10.5. The van der Waals surface area contributed by atoms with E-state index >= 15 is 0 Å². The molecule has 8 bridgehead atoms. The van der Waals surface area contributed by atoms with E-state index in [-0.39, 0.29) is 0 Å². The third-order valence-corrected chi connectivity index (χ3v) is 8.36. The zero-order valence-corrected chi connectivity index (χ0v) is 19.7. The quantitative estimate of drug-likeness (QED) is 0.482. The Bertz CT molecular complexity index is 1200. The van der Waals surface area contributed by atoms with E-state index in [4.69, 9.17) is 9.98 Å². The molecule has 0 saturated heterocycles. The number of nitrogens with zero attached hydrogens (tertiary/aromatic N) is 2. The maximum Gasteiger partial charge on any atom is 0.0872 e. The number of aromatic nitrogens is 2. The Morgan fingerprint density at radius 3 is 1.35 bits per heavy atom. The Hall–Kier alpha value is -3.14. The van der Waals surface area contributed by atoms with Crippen molar-refractivity contribution >= 4 is 22.6 Å². The molecule has 3 aliphatic heterocycles. The van der Waals surface area contributed by atoms with Crippen molar-refractivity contribution in [2.24, 2.45) is 21.8 Å². The summed E-state index contributed by atoms with van der Waals surface area (Å²) < 4.78 is 0. The summed E-state index contributed by atoms with van der Waals surface area (Å²) in [4.78, 5) is 17.8. The van der Waals surface area contributed by atoms with Crippen molar-refractivity contribution in [1.82, 2.24) is 9.97 Å². The fraction of sp³-hybridized carbons (Fsp3) is 0.400. The van der Waals surface area contributed by atoms with Crippen molar-refractivity contribution < 1.29 is 0 Å². The van der Waals surface area contributed by atoms with Crippen molar-refractivity contribution in [3.63, 3.8) is 0 Å². The highest BCUT2D eigenvalue weighted by atomic mass is 14.9. The molecule has 2 fully saturated rings. The first kappa shape index (κ1) is 20.3. The molecular formula is C30H32N4. The van der Waals surface area contributed by atoms with Gasteiger partial charge in [0.05, 0.1) is 34.2 Å². The average Bonchev–Trinajstić information content (AvgIpc) is 3.68. The van der Waals surface area contributed by atoms with Crippen LogP contribution in [0.15, 0.2) is 69.9 Å². The van der Waals surface area contributed by atoms with Gasteiger partial charge in [0.2, 0.25) is 0 Å². The molecule has 0 aromatic carbocycles. The molecule has 2 aromatic rings. The van der Waals surface area contributed by atoms with Crippen LogP contribution in [0.4, 0.5) is 0 Å². The predicted molar refractivity (Wildman–Crippen MR) is 140 cm³/mol. The number of allylic oxidation sites excluding steroid dienone is 6. The van der Waals surface area contributed by atoms with Gasteiger partial charge in [0.1, 0.15) is 0 Å². The topological polar surface area (TPSA) is 56.3 Å². The smallest absolute Gasteiger partial charge is 0.0872 e. The molecule has 0 unspecified atom stereocenters. The van der Waals surface area contributed by atoms with Crippen LogP contribution in [0.25, 0.3) is 11.1 Å². The summed E-state index contributed by atoms with van der Waals surface area (Å²) in [5, 5.41) is 0. The van der Waals surface area contributed by atoms with Crippen molar-refractivity contribution in [1.29, 1.82) is 0 Å². The molecule has 0 amide bonds. The third kappa shape index (κ3) is 3.43. The van der Waals surface area contributed by atoms with E-state index in [1.165, 1.54) is 86.7 Å². The van der Waals surface area contributed by atoms with Gasteiger partial charge in [0.25, 0.3) is 0 Å². The minimum Gasteiger partial charge on any atom is -0.353 e. The average molecular weight is 449 g/mol. The van der Waals surface area contributed by atoms with Gasteiger partial charge >= 0.3 is 0 Å². The lowest BCUT2D eigenvalue weighted by molar-refractivity contribution is 0.428. The van der Waals surface area contributed by atoms with Crippen molar-refractivity contribution in [3.8, 4) is 0 Å². The molecule has 2 aliphatic carbocycles. The minimum absolute atomic E-state index is 0.560. The number of aromatic amines is 2. The van der Waals surface area contributed by atoms with E-state index in [0.29, 0.717) is 11.8 Å². The van der Waals surface area contributed by atoms with Crippen molar-refractivity contribution in [2.75, 3.05) is 0 Å². The first-order valence-electron chi connectivity index (χ1n) is 13.2. The Kier molecular flexibility index (Phi) is 4.92. The van der Waals surface area contributed by atoms with E-state index in [1.807, 2.05) is 0 Å². The van der Waals surface area contributed by atoms with E-state index in [2.05, 4.69) is 58.5 Å². The molecule has 34 heavy (non-hydrogen) atoms. The summed E-state index contributed by atoms with van der Waals surface area (Å²) >= 11 is 0. The van der Waals surface area contributed by atoms with E-state index < -0.39 is 0 Å². The number of hydrogen-bond donors (Lipinski definition) is 2. The Balaban J connectivity index is 1.41. The summed E-state index contributed by atoms with van der Waals surface area (Å²) in [6.07, 6.45) is 21.8. The summed E-state index contributed by atoms with van der Waals surface area (Å²) in [7, 11) is 0. The SMILES string of the molecule is C1=CC2=C(C3CCCCC3)c3ccc([nH]3)C3=NC(=C(C4CCCCC4)c4ccc([nH]4)C1=N2)C=C3. The minimum atomic E-state index is 0.560. The highest BCUT2D eigenvalue weighted by Gasteiger charge is 2.28. The Morgan fingerprint density at radius 2 is 0.912 bits per heavy atom. The summed E-state index contributed by atoms with van der Waals surface area (Å²) in [6.45, 7) is 0. The van der Waals surface area contributed by atoms with Gasteiger partial charge in [-0.2, -0.15) is 0 Å². The lowest BCUT2D eigenvalue weighted by atomic mass is 9.81. The van der Waals surface area contributed by atoms with Gasteiger partial charge < -0.3 is 9.97 Å². The van der Waals surface area contributed by atoms with Gasteiger partial charge in [-0.3, -0.25) is 0 Å². The predicted octanol–water partition coefficient (Wildman–Crippen LogP) is 7.36. The molecule has 5 aliphatic rings. The summed E-state index contributed by atoms with van der Waals surface area (Å²) in [5.74, 6) is 1.12. The van der Waals surface area contributed by atoms with Gasteiger partial charge in [-0.15, -0.1) is 0 Å². The summed E-state index contributed by atoms with van der Waals surface area (Å²) in [5.41, 5.74) is 11.7. The molecular weight excluding hydrogens is 416 g/mol. The Morgan fingerprint density at radius 1 is 0.500 bits per heavy atom. The Labute approximate surface area is 201 Å². The summed E-state index contributed by atoms with van der Waals surface area (Å²) in [6, 6.07) is 8.92. The molecule has 2 N–H and O–H groups in total. The standard InChI is InChI=1S/C30H32N4/c1-3-7-19(8-4-1)29-25-15-11-21(31-25)23-13-17-27(33-23)30(20-9-5-2-6-10-20)28-18-14-24(34-28)22-12-16-26(29)32-22/h11-20,31,34H,1-10H2. The van der Waals surface area contributed by atoms with Crippen LogP contribution in [-0.2, 0) is 0 Å². The molecule has 2 saturated carbocycles. The molecule has 4 nitrogen and oxygen atoms in total. The number of fused-ring (bicyclic) bond motifs is 8. The molecule has 2 aromatic heterocycles. The number of rotatable bonds is 2. The van der Waals surface area contributed by atoms with Crippen molar-refractivity contribution in [3.05, 3.63) is 82.7 Å². The molecule has 7 rings (SSSR count). The number of aliphatic imine (C=N–C) groups is 2. The zero-order chi connectivity index (χ0) is 22.5. The first-order chi connectivity index (χ1) is 16.8. The van der Waals surface area contributed by atoms with Crippen LogP contribution in [-0.4, -0.2) is 21.4 Å². The van der Waals surface area contributed by atoms with E-state index in [9.17, 15) is 0 Å². The number of H-pyrrole nitrogens is 2. The molecule has 0 spiro atoms. The maximum atomic E-state index is 5.17. The van der Waals surface area contributed by atoms with Gasteiger partial charge in [-0.25, -0.2) is 9.98 Å². The zero-order valence-electron chi connectivity index (χ0n) is 19.7. The van der Waals surface area contributed by atoms with E-state index in [0.717, 1.165) is 34.2 Å². The normalized spacial score (nSPS) is 22.9. The van der Waals surface area contributed by atoms with Crippen LogP contribution < -0.4 is 0 Å². The van der Waals surface area contributed by atoms with Crippen LogP contribution in [0.1, 0.15) is 87.0 Å². The first-order valence-corrected chi connectivity index (χ1v) is 13.2. The largest absolute Gasteiger partial charge is 0.353 e. The fourth-order valence-electron chi connectivity index (χ4n) is 6.64. The second kappa shape index (κ2) is 8.26. The monoisotopic (exact) mass is 448 g/mol. The third-order valence-electron chi connectivity index (χ3n) is 8.36. The number of hydrogen-bond acceptors (Lipinski definition) is 2. The molecule has 0 atom stereocenters. The van der Waals surface area contributed by atoms with Crippen molar-refractivity contribution in [2.45, 2.75) is 64.2 Å². The van der Waals surface area contributed by atoms with E-state index in [1.54, 1.807) is 0 Å². The van der Waals surface area contributed by atoms with Gasteiger partial charge in [-0.05, 0) is 86.1 Å². The van der Waals surface area contributed by atoms with Crippen LogP contribution in [0.5, 0.6) is 0 Å². The van der Waals surface area contributed by atoms with Crippen LogP contribution in [0, 0.1) is 11.8 Å². The van der Waals surface area contributed by atoms with Gasteiger partial charge in [-0.1, -0.05) is 38.5 Å². The fourth-order valence-corrected chi connectivity index (χ4v) is 6.64. The second-order valence-electron chi connectivity index (χ2n) is 10.5. The lowest BCUT2D eigenvalue weighted by Gasteiger charge is -2.25. The maximum absolute atomic E-state index is 5.17. The highest BCUT2D eigenvalue weighted by molar-refractivity contribution is 6.12. The highest BCUT2D eigenvalue weighted by Crippen LogP contribution is 2.41. The van der Waals surface area contributed by atoms with Gasteiger partial charge in [0, 0.05) is 22.5 Å². The molecule has 4 heteroatoms. The van der Waals surface area contributed by atoms with Crippen LogP contribution in [0.3, 0.4) is 0 Å². The molecule has 5 heterocycles. The van der Waals surface area contributed by atoms with Crippen LogP contribution >= 0.6 is 0 Å². The van der Waals surface area contributed by atoms with Gasteiger partial charge in [0.15, 0.2) is 0 Å².